The molecule has 106 valence electrons. The first-order valence-electron chi connectivity index (χ1n) is 7.04. The Labute approximate surface area is 110 Å². The van der Waals surface area contributed by atoms with Crippen molar-refractivity contribution in [1.29, 1.82) is 0 Å². The van der Waals surface area contributed by atoms with Gasteiger partial charge in [-0.25, -0.2) is 0 Å². The Morgan fingerprint density at radius 2 is 2.33 bits per heavy atom. The lowest BCUT2D eigenvalue weighted by Gasteiger charge is -2.38. The van der Waals surface area contributed by atoms with E-state index in [4.69, 9.17) is 19.9 Å². The molecule has 2 unspecified atom stereocenters. The minimum atomic E-state index is -0.282. The summed E-state index contributed by atoms with van der Waals surface area (Å²) in [5.74, 6) is 0. The van der Waals surface area contributed by atoms with Gasteiger partial charge in [0.05, 0.1) is 25.9 Å². The van der Waals surface area contributed by atoms with Crippen LogP contribution in [0.3, 0.4) is 0 Å². The molecule has 0 aromatic heterocycles. The molecular formula is C13H26N2O3. The molecule has 5 heteroatoms. The highest BCUT2D eigenvalue weighted by Crippen LogP contribution is 2.23. The second-order valence-electron chi connectivity index (χ2n) is 5.24. The molecule has 0 radical (unpaired) electrons. The molecule has 2 atom stereocenters. The summed E-state index contributed by atoms with van der Waals surface area (Å²) in [6.07, 6.45) is 2.20. The van der Waals surface area contributed by atoms with Gasteiger partial charge in [0.25, 0.3) is 0 Å². The molecule has 0 bridgehead atoms. The van der Waals surface area contributed by atoms with E-state index in [-0.39, 0.29) is 11.7 Å². The molecule has 2 rings (SSSR count). The van der Waals surface area contributed by atoms with E-state index in [0.717, 1.165) is 45.7 Å². The molecule has 2 saturated heterocycles. The summed E-state index contributed by atoms with van der Waals surface area (Å²) in [6.45, 7) is 8.63. The smallest absolute Gasteiger partial charge is 0.104 e. The van der Waals surface area contributed by atoms with Gasteiger partial charge in [-0.05, 0) is 19.4 Å². The molecule has 0 aromatic rings. The van der Waals surface area contributed by atoms with Crippen LogP contribution in [-0.4, -0.2) is 69.2 Å². The lowest BCUT2D eigenvalue weighted by molar-refractivity contribution is -0.156. The van der Waals surface area contributed by atoms with Crippen molar-refractivity contribution in [2.24, 2.45) is 5.73 Å². The predicted octanol–water partition coefficient (Wildman–Crippen LogP) is 0.232. The minimum absolute atomic E-state index is 0.170. The fraction of sp³-hybridized carbons (Fsp3) is 1.00. The number of hydrogen-bond acceptors (Lipinski definition) is 5. The molecule has 0 saturated carbocycles. The number of nitrogens with zero attached hydrogens (tertiary/aromatic N) is 1. The molecule has 0 aromatic carbocycles. The molecule has 2 heterocycles. The monoisotopic (exact) mass is 258 g/mol. The summed E-state index contributed by atoms with van der Waals surface area (Å²) in [6, 6.07) is 0. The normalized spacial score (nSPS) is 34.7. The van der Waals surface area contributed by atoms with E-state index in [0.29, 0.717) is 19.8 Å². The Balaban J connectivity index is 1.78. The summed E-state index contributed by atoms with van der Waals surface area (Å²) < 4.78 is 17.3. The van der Waals surface area contributed by atoms with Gasteiger partial charge in [0.2, 0.25) is 0 Å². The summed E-state index contributed by atoms with van der Waals surface area (Å²) in [5.41, 5.74) is 5.57. The molecule has 2 aliphatic heterocycles. The number of likely N-dealkylation sites (N-methyl/N-ethyl adjacent to an activating group) is 1. The van der Waals surface area contributed by atoms with E-state index in [2.05, 4.69) is 11.8 Å². The molecular weight excluding hydrogens is 232 g/mol. The van der Waals surface area contributed by atoms with Gasteiger partial charge in [0.15, 0.2) is 0 Å². The zero-order chi connectivity index (χ0) is 12.8. The van der Waals surface area contributed by atoms with E-state index in [9.17, 15) is 0 Å². The maximum atomic E-state index is 6.05. The van der Waals surface area contributed by atoms with Crippen molar-refractivity contribution in [1.82, 2.24) is 4.90 Å². The van der Waals surface area contributed by atoms with E-state index in [1.54, 1.807) is 0 Å². The van der Waals surface area contributed by atoms with E-state index in [1.807, 2.05) is 0 Å². The third-order valence-electron chi connectivity index (χ3n) is 3.90. The Morgan fingerprint density at radius 3 is 3.00 bits per heavy atom. The SMILES string of the molecule is CCN1CCOC(COC2(CN)CCCOC2)C1. The quantitative estimate of drug-likeness (QED) is 0.765. The second kappa shape index (κ2) is 6.82. The topological polar surface area (TPSA) is 57.0 Å². The zero-order valence-electron chi connectivity index (χ0n) is 11.4. The first-order chi connectivity index (χ1) is 8.78. The number of rotatable bonds is 5. The van der Waals surface area contributed by atoms with Crippen LogP contribution in [0, 0.1) is 0 Å². The number of hydrogen-bond donors (Lipinski definition) is 1. The van der Waals surface area contributed by atoms with Crippen molar-refractivity contribution in [2.45, 2.75) is 31.5 Å². The van der Waals surface area contributed by atoms with Gasteiger partial charge in [-0.2, -0.15) is 0 Å². The molecule has 5 nitrogen and oxygen atoms in total. The summed E-state index contributed by atoms with van der Waals surface area (Å²) in [5, 5.41) is 0. The largest absolute Gasteiger partial charge is 0.378 e. The van der Waals surface area contributed by atoms with Gasteiger partial charge in [-0.15, -0.1) is 0 Å². The standard InChI is InChI=1S/C13H26N2O3/c1-2-15-5-7-17-12(8-15)9-18-13(10-14)4-3-6-16-11-13/h12H,2-11,14H2,1H3. The predicted molar refractivity (Wildman–Crippen MR) is 69.6 cm³/mol. The summed E-state index contributed by atoms with van der Waals surface area (Å²) in [7, 11) is 0. The highest BCUT2D eigenvalue weighted by Gasteiger charge is 2.34. The highest BCUT2D eigenvalue weighted by atomic mass is 16.6. The van der Waals surface area contributed by atoms with Crippen LogP contribution in [0.1, 0.15) is 19.8 Å². The molecule has 2 aliphatic rings. The van der Waals surface area contributed by atoms with Gasteiger partial charge >= 0.3 is 0 Å². The molecule has 2 N–H and O–H groups in total. The fourth-order valence-corrected chi connectivity index (χ4v) is 2.60. The maximum Gasteiger partial charge on any atom is 0.104 e. The fourth-order valence-electron chi connectivity index (χ4n) is 2.60. The van der Waals surface area contributed by atoms with Gasteiger partial charge in [-0.3, -0.25) is 4.90 Å². The van der Waals surface area contributed by atoms with Crippen LogP contribution in [0.5, 0.6) is 0 Å². The first kappa shape index (κ1) is 14.2. The van der Waals surface area contributed by atoms with Gasteiger partial charge in [0, 0.05) is 26.2 Å². The lowest BCUT2D eigenvalue weighted by Crippen LogP contribution is -2.51. The van der Waals surface area contributed by atoms with Crippen LogP contribution in [0.25, 0.3) is 0 Å². The Morgan fingerprint density at radius 1 is 1.44 bits per heavy atom. The number of morpholine rings is 1. The number of ether oxygens (including phenoxy) is 3. The summed E-state index contributed by atoms with van der Waals surface area (Å²) in [4.78, 5) is 2.39. The van der Waals surface area contributed by atoms with Crippen LogP contribution in [0.15, 0.2) is 0 Å². The molecule has 18 heavy (non-hydrogen) atoms. The van der Waals surface area contributed by atoms with Crippen LogP contribution in [-0.2, 0) is 14.2 Å². The van der Waals surface area contributed by atoms with Crippen molar-refractivity contribution >= 4 is 0 Å². The highest BCUT2D eigenvalue weighted by molar-refractivity contribution is 4.85. The third kappa shape index (κ3) is 3.65. The summed E-state index contributed by atoms with van der Waals surface area (Å²) >= 11 is 0. The van der Waals surface area contributed by atoms with Crippen molar-refractivity contribution in [3.05, 3.63) is 0 Å². The van der Waals surface area contributed by atoms with Crippen LogP contribution in [0.4, 0.5) is 0 Å². The second-order valence-corrected chi connectivity index (χ2v) is 5.24. The average molecular weight is 258 g/mol. The first-order valence-corrected chi connectivity index (χ1v) is 7.04. The van der Waals surface area contributed by atoms with E-state index >= 15 is 0 Å². The third-order valence-corrected chi connectivity index (χ3v) is 3.90. The average Bonchev–Trinajstić information content (AvgIpc) is 2.46. The Hall–Kier alpha value is -0.200. The van der Waals surface area contributed by atoms with Gasteiger partial charge in [0.1, 0.15) is 5.60 Å². The molecule has 0 aliphatic carbocycles. The zero-order valence-corrected chi connectivity index (χ0v) is 11.4. The Kier molecular flexibility index (Phi) is 5.38. The van der Waals surface area contributed by atoms with E-state index in [1.165, 1.54) is 0 Å². The van der Waals surface area contributed by atoms with E-state index < -0.39 is 0 Å². The lowest BCUT2D eigenvalue weighted by atomic mass is 9.96. The number of nitrogens with two attached hydrogens (primary N) is 1. The van der Waals surface area contributed by atoms with Crippen molar-refractivity contribution in [3.63, 3.8) is 0 Å². The van der Waals surface area contributed by atoms with Crippen LogP contribution < -0.4 is 5.73 Å². The minimum Gasteiger partial charge on any atom is -0.378 e. The van der Waals surface area contributed by atoms with Gasteiger partial charge in [-0.1, -0.05) is 6.92 Å². The van der Waals surface area contributed by atoms with Gasteiger partial charge < -0.3 is 19.9 Å². The molecule has 2 fully saturated rings. The molecule has 0 spiro atoms. The van der Waals surface area contributed by atoms with Crippen LogP contribution >= 0.6 is 0 Å². The molecule has 0 amide bonds. The van der Waals surface area contributed by atoms with Crippen molar-refractivity contribution in [3.8, 4) is 0 Å². The van der Waals surface area contributed by atoms with Crippen molar-refractivity contribution in [2.75, 3.05) is 52.6 Å². The van der Waals surface area contributed by atoms with Crippen LogP contribution in [0.2, 0.25) is 0 Å². The van der Waals surface area contributed by atoms with Crippen molar-refractivity contribution < 1.29 is 14.2 Å². The Bertz CT molecular complexity index is 244. The maximum absolute atomic E-state index is 6.05.